The lowest BCUT2D eigenvalue weighted by atomic mass is 10.0. The zero-order valence-electron chi connectivity index (χ0n) is 7.92. The molecule has 0 aromatic heterocycles. The van der Waals surface area contributed by atoms with Crippen molar-refractivity contribution >= 4 is 22.6 Å². The van der Waals surface area contributed by atoms with Crippen LogP contribution in [0.3, 0.4) is 0 Å². The van der Waals surface area contributed by atoms with Crippen molar-refractivity contribution in [1.29, 1.82) is 0 Å². The molecule has 0 bridgehead atoms. The predicted octanol–water partition coefficient (Wildman–Crippen LogP) is 4.07. The highest BCUT2D eigenvalue weighted by atomic mass is 127. The van der Waals surface area contributed by atoms with E-state index in [0.717, 1.165) is 3.57 Å². The van der Waals surface area contributed by atoms with Crippen LogP contribution in [0.25, 0.3) is 11.1 Å². The summed E-state index contributed by atoms with van der Waals surface area (Å²) in [5.41, 5.74) is 3.79. The van der Waals surface area contributed by atoms with Gasteiger partial charge < -0.3 is 0 Å². The first-order valence-corrected chi connectivity index (χ1v) is 5.58. The minimum absolute atomic E-state index is 1.15. The largest absolute Gasteiger partial charge is 0.0614 e. The number of benzene rings is 2. The highest BCUT2D eigenvalue weighted by Gasteiger charge is 1.96. The number of aryl methyl sites for hydroxylation is 1. The Morgan fingerprint density at radius 3 is 2.57 bits per heavy atom. The van der Waals surface area contributed by atoms with Crippen molar-refractivity contribution in [2.24, 2.45) is 0 Å². The van der Waals surface area contributed by atoms with Crippen molar-refractivity contribution < 1.29 is 0 Å². The molecule has 0 amide bonds. The molecule has 0 saturated heterocycles. The smallest absolute Gasteiger partial charge is 0.0209 e. The monoisotopic (exact) mass is 293 g/mol. The van der Waals surface area contributed by atoms with Gasteiger partial charge >= 0.3 is 0 Å². The molecule has 0 nitrogen and oxygen atoms in total. The minimum Gasteiger partial charge on any atom is -0.0614 e. The molecular formula is C13H10I. The summed E-state index contributed by atoms with van der Waals surface area (Å²) in [5.74, 6) is 0. The summed E-state index contributed by atoms with van der Waals surface area (Å²) in [6.07, 6.45) is 0. The normalized spacial score (nSPS) is 10.1. The van der Waals surface area contributed by atoms with Crippen LogP contribution in [-0.4, -0.2) is 0 Å². The van der Waals surface area contributed by atoms with Gasteiger partial charge in [0.25, 0.3) is 0 Å². The lowest BCUT2D eigenvalue weighted by Crippen LogP contribution is -1.79. The van der Waals surface area contributed by atoms with Gasteiger partial charge in [0.05, 0.1) is 0 Å². The van der Waals surface area contributed by atoms with E-state index in [1.807, 2.05) is 6.07 Å². The second-order valence-electron chi connectivity index (χ2n) is 3.29. The molecule has 14 heavy (non-hydrogen) atoms. The van der Waals surface area contributed by atoms with Gasteiger partial charge in [0.1, 0.15) is 0 Å². The van der Waals surface area contributed by atoms with E-state index in [1.54, 1.807) is 0 Å². The Labute approximate surface area is 98.1 Å². The minimum atomic E-state index is 1.15. The van der Waals surface area contributed by atoms with E-state index in [0.29, 0.717) is 0 Å². The third kappa shape index (κ3) is 2.15. The van der Waals surface area contributed by atoms with Gasteiger partial charge in [-0.1, -0.05) is 35.9 Å². The summed E-state index contributed by atoms with van der Waals surface area (Å²) >= 11 is 2.27. The van der Waals surface area contributed by atoms with E-state index < -0.39 is 0 Å². The molecule has 2 aromatic rings. The first kappa shape index (κ1) is 9.71. The Balaban J connectivity index is 2.44. The first-order chi connectivity index (χ1) is 6.75. The van der Waals surface area contributed by atoms with Crippen LogP contribution in [0.15, 0.2) is 42.5 Å². The summed E-state index contributed by atoms with van der Waals surface area (Å²) in [6.45, 7) is 2.11. The molecular weight excluding hydrogens is 283 g/mol. The zero-order chi connectivity index (χ0) is 9.97. The fraction of sp³-hybridized carbons (Fsp3) is 0.0769. The van der Waals surface area contributed by atoms with Crippen LogP contribution in [-0.2, 0) is 0 Å². The molecule has 0 heterocycles. The third-order valence-corrected chi connectivity index (χ3v) is 2.80. The van der Waals surface area contributed by atoms with Crippen LogP contribution in [0.4, 0.5) is 0 Å². The number of halogens is 1. The maximum atomic E-state index is 3.20. The molecule has 1 heteroatoms. The lowest BCUT2D eigenvalue weighted by molar-refractivity contribution is 1.46. The Hall–Kier alpha value is -0.830. The van der Waals surface area contributed by atoms with Gasteiger partial charge in [0.15, 0.2) is 0 Å². The lowest BCUT2D eigenvalue weighted by Gasteiger charge is -2.02. The summed E-state index contributed by atoms with van der Waals surface area (Å²) in [6, 6.07) is 18.0. The molecule has 0 unspecified atom stereocenters. The molecule has 2 rings (SSSR count). The fourth-order valence-electron chi connectivity index (χ4n) is 1.41. The van der Waals surface area contributed by atoms with Crippen LogP contribution in [0.1, 0.15) is 5.56 Å². The Bertz CT molecular complexity index is 429. The SMILES string of the molecule is Cc1cccc(-c2c[c]c(I)cc2)c1. The predicted molar refractivity (Wildman–Crippen MR) is 68.2 cm³/mol. The molecule has 2 aromatic carbocycles. The van der Waals surface area contributed by atoms with Gasteiger partial charge in [-0.15, -0.1) is 0 Å². The van der Waals surface area contributed by atoms with Crippen LogP contribution < -0.4 is 0 Å². The van der Waals surface area contributed by atoms with Crippen molar-refractivity contribution in [3.63, 3.8) is 0 Å². The molecule has 0 atom stereocenters. The summed E-state index contributed by atoms with van der Waals surface area (Å²) < 4.78 is 1.15. The topological polar surface area (TPSA) is 0 Å². The number of hydrogen-bond acceptors (Lipinski definition) is 0. The quantitative estimate of drug-likeness (QED) is 0.695. The highest BCUT2D eigenvalue weighted by Crippen LogP contribution is 2.20. The van der Waals surface area contributed by atoms with Gasteiger partial charge in [0, 0.05) is 3.57 Å². The second-order valence-corrected chi connectivity index (χ2v) is 4.46. The number of rotatable bonds is 1. The van der Waals surface area contributed by atoms with E-state index in [4.69, 9.17) is 0 Å². The highest BCUT2D eigenvalue weighted by molar-refractivity contribution is 14.1. The number of hydrogen-bond donors (Lipinski definition) is 0. The van der Waals surface area contributed by atoms with E-state index in [2.05, 4.69) is 72.0 Å². The van der Waals surface area contributed by atoms with Gasteiger partial charge in [-0.2, -0.15) is 0 Å². The summed E-state index contributed by atoms with van der Waals surface area (Å²) in [4.78, 5) is 0. The second kappa shape index (κ2) is 4.13. The molecule has 0 saturated carbocycles. The standard InChI is InChI=1S/C13H10I/c1-10-3-2-4-12(9-10)11-5-7-13(14)8-6-11/h2-7,9H,1H3. The van der Waals surface area contributed by atoms with Gasteiger partial charge in [-0.3, -0.25) is 0 Å². The van der Waals surface area contributed by atoms with Crippen LogP contribution in [0.2, 0.25) is 0 Å². The van der Waals surface area contributed by atoms with Crippen molar-refractivity contribution in [2.45, 2.75) is 6.92 Å². The average molecular weight is 293 g/mol. The van der Waals surface area contributed by atoms with Crippen molar-refractivity contribution in [2.75, 3.05) is 0 Å². The van der Waals surface area contributed by atoms with Gasteiger partial charge in [-0.05, 0) is 58.8 Å². The first-order valence-electron chi connectivity index (χ1n) is 4.50. The maximum absolute atomic E-state index is 3.20. The maximum Gasteiger partial charge on any atom is 0.0209 e. The fourth-order valence-corrected chi connectivity index (χ4v) is 1.75. The van der Waals surface area contributed by atoms with Crippen molar-refractivity contribution in [3.05, 3.63) is 57.7 Å². The Kier molecular flexibility index (Phi) is 2.87. The van der Waals surface area contributed by atoms with Crippen LogP contribution in [0.5, 0.6) is 0 Å². The van der Waals surface area contributed by atoms with E-state index in [-0.39, 0.29) is 0 Å². The molecule has 69 valence electrons. The summed E-state index contributed by atoms with van der Waals surface area (Å²) in [5, 5.41) is 0. The van der Waals surface area contributed by atoms with E-state index in [1.165, 1.54) is 16.7 Å². The van der Waals surface area contributed by atoms with E-state index >= 15 is 0 Å². The van der Waals surface area contributed by atoms with Crippen molar-refractivity contribution in [3.8, 4) is 11.1 Å². The van der Waals surface area contributed by atoms with Crippen LogP contribution in [0, 0.1) is 16.6 Å². The molecule has 0 fully saturated rings. The molecule has 0 aliphatic heterocycles. The molecule has 0 N–H and O–H groups in total. The average Bonchev–Trinajstić information content (AvgIpc) is 2.19. The van der Waals surface area contributed by atoms with Crippen LogP contribution >= 0.6 is 22.6 Å². The molecule has 1 radical (unpaired) electrons. The Morgan fingerprint density at radius 2 is 1.93 bits per heavy atom. The van der Waals surface area contributed by atoms with Crippen molar-refractivity contribution in [1.82, 2.24) is 0 Å². The molecule has 0 aliphatic carbocycles. The summed E-state index contributed by atoms with van der Waals surface area (Å²) in [7, 11) is 0. The van der Waals surface area contributed by atoms with E-state index in [9.17, 15) is 0 Å². The molecule has 0 aliphatic rings. The molecule has 0 spiro atoms. The Morgan fingerprint density at radius 1 is 1.07 bits per heavy atom. The van der Waals surface area contributed by atoms with Gasteiger partial charge in [0.2, 0.25) is 0 Å². The zero-order valence-corrected chi connectivity index (χ0v) is 10.1. The van der Waals surface area contributed by atoms with Gasteiger partial charge in [-0.25, -0.2) is 0 Å². The third-order valence-electron chi connectivity index (χ3n) is 2.13.